The van der Waals surface area contributed by atoms with Gasteiger partial charge >= 0.3 is 0 Å². The van der Waals surface area contributed by atoms with Gasteiger partial charge in [0.1, 0.15) is 18.5 Å². The lowest BCUT2D eigenvalue weighted by Crippen LogP contribution is -2.32. The molecule has 4 nitrogen and oxygen atoms in total. The molecule has 1 rings (SSSR count). The first-order valence-corrected chi connectivity index (χ1v) is 7.73. The van der Waals surface area contributed by atoms with E-state index < -0.39 is 6.10 Å². The highest BCUT2D eigenvalue weighted by molar-refractivity contribution is 7.99. The van der Waals surface area contributed by atoms with Crippen LogP contribution in [0.5, 0.6) is 5.75 Å². The molecule has 0 aliphatic heterocycles. The monoisotopic (exact) mass is 285 g/mol. The largest absolute Gasteiger partial charge is 0.491 e. The summed E-state index contributed by atoms with van der Waals surface area (Å²) in [4.78, 5) is 0. The van der Waals surface area contributed by atoms with Crippen molar-refractivity contribution in [2.45, 2.75) is 12.5 Å². The van der Waals surface area contributed by atoms with E-state index in [4.69, 9.17) is 9.84 Å². The van der Waals surface area contributed by atoms with E-state index in [1.54, 1.807) is 11.8 Å². The van der Waals surface area contributed by atoms with Gasteiger partial charge in [0.25, 0.3) is 0 Å². The standard InChI is InChI=1S/C14H23NO3S/c16-8-4-9-19-10-7-15-11-13(17)12-18-14-5-2-1-3-6-14/h1-3,5-6,13,15-17H,4,7-12H2. The molecule has 19 heavy (non-hydrogen) atoms. The lowest BCUT2D eigenvalue weighted by atomic mass is 10.3. The second-order valence-corrected chi connectivity index (χ2v) is 5.40. The second-order valence-electron chi connectivity index (χ2n) is 4.17. The summed E-state index contributed by atoms with van der Waals surface area (Å²) in [6, 6.07) is 9.49. The van der Waals surface area contributed by atoms with Gasteiger partial charge in [0.15, 0.2) is 0 Å². The molecule has 3 N–H and O–H groups in total. The van der Waals surface area contributed by atoms with Gasteiger partial charge in [-0.1, -0.05) is 18.2 Å². The second kappa shape index (κ2) is 11.1. The van der Waals surface area contributed by atoms with Crippen molar-refractivity contribution in [3.8, 4) is 5.75 Å². The van der Waals surface area contributed by atoms with Crippen LogP contribution in [-0.4, -0.2) is 54.1 Å². The summed E-state index contributed by atoms with van der Waals surface area (Å²) in [5.41, 5.74) is 0. The van der Waals surface area contributed by atoms with Crippen LogP contribution in [0.3, 0.4) is 0 Å². The molecule has 1 atom stereocenters. The van der Waals surface area contributed by atoms with Gasteiger partial charge in [0.2, 0.25) is 0 Å². The van der Waals surface area contributed by atoms with Crippen LogP contribution in [0.15, 0.2) is 30.3 Å². The molecule has 0 bridgehead atoms. The van der Waals surface area contributed by atoms with Crippen LogP contribution in [-0.2, 0) is 0 Å². The minimum absolute atomic E-state index is 0.260. The Balaban J connectivity index is 1.95. The lowest BCUT2D eigenvalue weighted by molar-refractivity contribution is 0.107. The highest BCUT2D eigenvalue weighted by atomic mass is 32.2. The first-order valence-electron chi connectivity index (χ1n) is 6.58. The Labute approximate surface area is 119 Å². The number of hydrogen-bond donors (Lipinski definition) is 3. The van der Waals surface area contributed by atoms with Crippen LogP contribution in [0.2, 0.25) is 0 Å². The predicted octanol–water partition coefficient (Wildman–Crippen LogP) is 1.13. The Hall–Kier alpha value is -0.750. The van der Waals surface area contributed by atoms with Gasteiger partial charge in [-0.05, 0) is 24.3 Å². The highest BCUT2D eigenvalue weighted by Crippen LogP contribution is 2.08. The fourth-order valence-corrected chi connectivity index (χ4v) is 2.28. The number of aliphatic hydroxyl groups is 2. The van der Waals surface area contributed by atoms with E-state index in [-0.39, 0.29) is 6.61 Å². The molecule has 0 saturated heterocycles. The maximum Gasteiger partial charge on any atom is 0.119 e. The number of rotatable bonds is 11. The zero-order valence-corrected chi connectivity index (χ0v) is 11.9. The molecule has 1 aromatic carbocycles. The van der Waals surface area contributed by atoms with Gasteiger partial charge < -0.3 is 20.3 Å². The van der Waals surface area contributed by atoms with Gasteiger partial charge in [0, 0.05) is 25.4 Å². The van der Waals surface area contributed by atoms with Crippen LogP contribution in [0, 0.1) is 0 Å². The number of nitrogens with one attached hydrogen (secondary N) is 1. The van der Waals surface area contributed by atoms with Gasteiger partial charge in [-0.15, -0.1) is 0 Å². The third-order valence-corrected chi connectivity index (χ3v) is 3.51. The fourth-order valence-electron chi connectivity index (χ4n) is 1.45. The fraction of sp³-hybridized carbons (Fsp3) is 0.571. The molecule has 0 aliphatic carbocycles. The van der Waals surface area contributed by atoms with Crippen molar-refractivity contribution in [1.29, 1.82) is 0 Å². The Kier molecular flexibility index (Phi) is 9.53. The molecule has 1 aromatic rings. The van der Waals surface area contributed by atoms with Crippen molar-refractivity contribution in [2.24, 2.45) is 0 Å². The van der Waals surface area contributed by atoms with Crippen LogP contribution in [0.1, 0.15) is 6.42 Å². The van der Waals surface area contributed by atoms with Crippen LogP contribution >= 0.6 is 11.8 Å². The van der Waals surface area contributed by atoms with E-state index in [0.29, 0.717) is 13.2 Å². The van der Waals surface area contributed by atoms with Crippen LogP contribution in [0.4, 0.5) is 0 Å². The number of hydrogen-bond acceptors (Lipinski definition) is 5. The lowest BCUT2D eigenvalue weighted by Gasteiger charge is -2.13. The Bertz CT molecular complexity index is 311. The minimum atomic E-state index is -0.498. The smallest absolute Gasteiger partial charge is 0.119 e. The summed E-state index contributed by atoms with van der Waals surface area (Å²) < 4.78 is 5.45. The molecule has 0 saturated carbocycles. The van der Waals surface area contributed by atoms with Crippen molar-refractivity contribution in [3.63, 3.8) is 0 Å². The summed E-state index contributed by atoms with van der Waals surface area (Å²) >= 11 is 1.80. The number of para-hydroxylation sites is 1. The molecule has 0 aliphatic rings. The van der Waals surface area contributed by atoms with E-state index in [2.05, 4.69) is 5.32 Å². The molecule has 0 amide bonds. The van der Waals surface area contributed by atoms with E-state index in [1.165, 1.54) is 0 Å². The van der Waals surface area contributed by atoms with Gasteiger partial charge in [-0.25, -0.2) is 0 Å². The predicted molar refractivity (Wildman–Crippen MR) is 79.8 cm³/mol. The molecular weight excluding hydrogens is 262 g/mol. The van der Waals surface area contributed by atoms with Crippen LogP contribution < -0.4 is 10.1 Å². The molecule has 0 fully saturated rings. The van der Waals surface area contributed by atoms with E-state index in [9.17, 15) is 5.11 Å². The van der Waals surface area contributed by atoms with Gasteiger partial charge in [-0.2, -0.15) is 11.8 Å². The van der Waals surface area contributed by atoms with Crippen molar-refractivity contribution < 1.29 is 14.9 Å². The Morgan fingerprint density at radius 1 is 1.21 bits per heavy atom. The average Bonchev–Trinajstić information content (AvgIpc) is 2.45. The highest BCUT2D eigenvalue weighted by Gasteiger charge is 2.04. The zero-order chi connectivity index (χ0) is 13.8. The summed E-state index contributed by atoms with van der Waals surface area (Å²) in [5, 5.41) is 21.5. The van der Waals surface area contributed by atoms with E-state index in [1.807, 2.05) is 30.3 Å². The number of benzene rings is 1. The summed E-state index contributed by atoms with van der Waals surface area (Å²) in [6.07, 6.45) is 0.348. The van der Waals surface area contributed by atoms with Crippen molar-refractivity contribution >= 4 is 11.8 Å². The van der Waals surface area contributed by atoms with E-state index >= 15 is 0 Å². The number of aliphatic hydroxyl groups excluding tert-OH is 2. The maximum atomic E-state index is 9.72. The minimum Gasteiger partial charge on any atom is -0.491 e. The van der Waals surface area contributed by atoms with Crippen molar-refractivity contribution in [2.75, 3.05) is 37.8 Å². The summed E-state index contributed by atoms with van der Waals surface area (Å²) in [6.45, 7) is 1.95. The zero-order valence-electron chi connectivity index (χ0n) is 11.1. The molecule has 0 radical (unpaired) electrons. The number of thioether (sulfide) groups is 1. The number of ether oxygens (including phenoxy) is 1. The van der Waals surface area contributed by atoms with Gasteiger partial charge in [0.05, 0.1) is 0 Å². The molecule has 5 heteroatoms. The molecular formula is C14H23NO3S. The quantitative estimate of drug-likeness (QED) is 0.532. The molecule has 0 spiro atoms. The molecule has 0 aromatic heterocycles. The Morgan fingerprint density at radius 2 is 2.00 bits per heavy atom. The van der Waals surface area contributed by atoms with Crippen molar-refractivity contribution in [3.05, 3.63) is 30.3 Å². The van der Waals surface area contributed by atoms with Crippen molar-refractivity contribution in [1.82, 2.24) is 5.32 Å². The first kappa shape index (κ1) is 16.3. The van der Waals surface area contributed by atoms with Gasteiger partial charge in [-0.3, -0.25) is 0 Å². The Morgan fingerprint density at radius 3 is 2.74 bits per heavy atom. The maximum absolute atomic E-state index is 9.72. The first-order chi connectivity index (χ1) is 9.33. The normalized spacial score (nSPS) is 12.3. The third-order valence-electron chi connectivity index (χ3n) is 2.44. The molecule has 1 unspecified atom stereocenters. The average molecular weight is 285 g/mol. The SMILES string of the molecule is OCCCSCCNCC(O)COc1ccccc1. The van der Waals surface area contributed by atoms with Crippen LogP contribution in [0.25, 0.3) is 0 Å². The topological polar surface area (TPSA) is 61.7 Å². The molecule has 108 valence electrons. The molecule has 0 heterocycles. The third kappa shape index (κ3) is 8.88. The van der Waals surface area contributed by atoms with E-state index in [0.717, 1.165) is 30.2 Å². The summed E-state index contributed by atoms with van der Waals surface area (Å²) in [7, 11) is 0. The summed E-state index contributed by atoms with van der Waals surface area (Å²) in [5.74, 6) is 2.76.